The third-order valence-corrected chi connectivity index (χ3v) is 4.81. The van der Waals surface area contributed by atoms with Crippen LogP contribution in [-0.4, -0.2) is 58.8 Å². The zero-order valence-electron chi connectivity index (χ0n) is 15.9. The van der Waals surface area contributed by atoms with Crippen molar-refractivity contribution >= 4 is 11.6 Å². The highest BCUT2D eigenvalue weighted by molar-refractivity contribution is 5.94. The summed E-state index contributed by atoms with van der Waals surface area (Å²) in [5, 5.41) is 7.24. The maximum absolute atomic E-state index is 12.6. The molecule has 1 N–H and O–H groups in total. The van der Waals surface area contributed by atoms with Crippen LogP contribution >= 0.6 is 0 Å². The number of likely N-dealkylation sites (N-methyl/N-ethyl adjacent to an activating group) is 1. The van der Waals surface area contributed by atoms with E-state index in [2.05, 4.69) is 39.2 Å². The van der Waals surface area contributed by atoms with Gasteiger partial charge in [0.05, 0.1) is 6.04 Å². The average molecular weight is 356 g/mol. The summed E-state index contributed by atoms with van der Waals surface area (Å²) in [7, 11) is 2.15. The van der Waals surface area contributed by atoms with E-state index in [-0.39, 0.29) is 11.9 Å². The van der Waals surface area contributed by atoms with Gasteiger partial charge < -0.3 is 15.1 Å². The SMILES string of the molecule is CCCn1ncnc1[C@@H](C)NC(=O)c1ccc(N2CCN(C)CC2)cc1. The number of hydrogen-bond donors (Lipinski definition) is 1. The number of amides is 1. The molecule has 1 aliphatic heterocycles. The molecule has 1 aliphatic rings. The van der Waals surface area contributed by atoms with Gasteiger partial charge in [0.1, 0.15) is 12.2 Å². The summed E-state index contributed by atoms with van der Waals surface area (Å²) in [5.41, 5.74) is 1.83. The summed E-state index contributed by atoms with van der Waals surface area (Å²) >= 11 is 0. The highest BCUT2D eigenvalue weighted by atomic mass is 16.1. The summed E-state index contributed by atoms with van der Waals surface area (Å²) in [6, 6.07) is 7.67. The molecule has 0 radical (unpaired) electrons. The van der Waals surface area contributed by atoms with Crippen LogP contribution in [0.15, 0.2) is 30.6 Å². The van der Waals surface area contributed by atoms with Crippen molar-refractivity contribution in [2.75, 3.05) is 38.1 Å². The minimum Gasteiger partial charge on any atom is -0.369 e. The van der Waals surface area contributed by atoms with E-state index >= 15 is 0 Å². The Hall–Kier alpha value is -2.41. The Bertz CT molecular complexity index is 718. The molecule has 2 aromatic rings. The number of aromatic nitrogens is 3. The fourth-order valence-electron chi connectivity index (χ4n) is 3.23. The van der Waals surface area contributed by atoms with Gasteiger partial charge in [0.15, 0.2) is 0 Å². The predicted molar refractivity (Wildman–Crippen MR) is 102 cm³/mol. The third-order valence-electron chi connectivity index (χ3n) is 4.81. The molecule has 1 amide bonds. The molecular formula is C19H28N6O. The van der Waals surface area contributed by atoms with Gasteiger partial charge in [-0.25, -0.2) is 9.67 Å². The van der Waals surface area contributed by atoms with Gasteiger partial charge in [-0.3, -0.25) is 4.79 Å². The predicted octanol–water partition coefficient (Wildman–Crippen LogP) is 1.93. The van der Waals surface area contributed by atoms with Gasteiger partial charge in [0, 0.05) is 44.0 Å². The van der Waals surface area contributed by atoms with Crippen LogP contribution in [0.25, 0.3) is 0 Å². The first-order chi connectivity index (χ1) is 12.6. The number of rotatable bonds is 6. The number of carbonyl (C=O) groups is 1. The Balaban J connectivity index is 1.62. The Morgan fingerprint density at radius 3 is 2.54 bits per heavy atom. The van der Waals surface area contributed by atoms with Crippen LogP contribution in [0, 0.1) is 0 Å². The third kappa shape index (κ3) is 4.22. The van der Waals surface area contributed by atoms with E-state index < -0.39 is 0 Å². The van der Waals surface area contributed by atoms with Crippen LogP contribution in [0.2, 0.25) is 0 Å². The topological polar surface area (TPSA) is 66.3 Å². The lowest BCUT2D eigenvalue weighted by atomic mass is 10.1. The van der Waals surface area contributed by atoms with E-state index in [1.807, 2.05) is 35.9 Å². The molecule has 1 saturated heterocycles. The van der Waals surface area contributed by atoms with Crippen LogP contribution < -0.4 is 10.2 Å². The van der Waals surface area contributed by atoms with Crippen molar-refractivity contribution in [1.82, 2.24) is 25.0 Å². The number of nitrogens with zero attached hydrogens (tertiary/aromatic N) is 5. The molecule has 0 bridgehead atoms. The fourth-order valence-corrected chi connectivity index (χ4v) is 3.23. The number of aryl methyl sites for hydroxylation is 1. The lowest BCUT2D eigenvalue weighted by Crippen LogP contribution is -2.44. The summed E-state index contributed by atoms with van der Waals surface area (Å²) < 4.78 is 1.85. The minimum absolute atomic E-state index is 0.0894. The Labute approximate surface area is 155 Å². The highest BCUT2D eigenvalue weighted by Gasteiger charge is 2.18. The number of hydrogen-bond acceptors (Lipinski definition) is 5. The van der Waals surface area contributed by atoms with Crippen LogP contribution in [0.4, 0.5) is 5.69 Å². The molecule has 1 atom stereocenters. The number of carbonyl (C=O) groups excluding carboxylic acids is 1. The van der Waals surface area contributed by atoms with E-state index in [0.717, 1.165) is 45.0 Å². The average Bonchev–Trinajstić information content (AvgIpc) is 3.11. The lowest BCUT2D eigenvalue weighted by molar-refractivity contribution is 0.0937. The van der Waals surface area contributed by atoms with Gasteiger partial charge >= 0.3 is 0 Å². The molecule has 1 aromatic carbocycles. The van der Waals surface area contributed by atoms with Gasteiger partial charge in [-0.15, -0.1) is 0 Å². The normalized spacial score (nSPS) is 16.5. The van der Waals surface area contributed by atoms with Crippen molar-refractivity contribution in [2.24, 2.45) is 0 Å². The summed E-state index contributed by atoms with van der Waals surface area (Å²) in [5.74, 6) is 0.697. The van der Waals surface area contributed by atoms with Crippen molar-refractivity contribution in [2.45, 2.75) is 32.9 Å². The molecule has 1 fully saturated rings. The molecular weight excluding hydrogens is 328 g/mol. The summed E-state index contributed by atoms with van der Waals surface area (Å²) in [6.45, 7) is 9.01. The molecule has 1 aromatic heterocycles. The molecule has 0 unspecified atom stereocenters. The van der Waals surface area contributed by atoms with Crippen molar-refractivity contribution in [3.05, 3.63) is 42.0 Å². The summed E-state index contributed by atoms with van der Waals surface area (Å²) in [4.78, 5) is 21.5. The van der Waals surface area contributed by atoms with Gasteiger partial charge in [-0.1, -0.05) is 6.92 Å². The maximum Gasteiger partial charge on any atom is 0.251 e. The van der Waals surface area contributed by atoms with Crippen molar-refractivity contribution in [3.8, 4) is 0 Å². The molecule has 0 saturated carbocycles. The van der Waals surface area contributed by atoms with Gasteiger partial charge in [0.25, 0.3) is 5.91 Å². The number of piperazine rings is 1. The van der Waals surface area contributed by atoms with Crippen molar-refractivity contribution in [1.29, 1.82) is 0 Å². The second-order valence-electron chi connectivity index (χ2n) is 6.87. The largest absolute Gasteiger partial charge is 0.369 e. The van der Waals surface area contributed by atoms with Crippen molar-refractivity contribution < 1.29 is 4.79 Å². The maximum atomic E-state index is 12.6. The van der Waals surface area contributed by atoms with Gasteiger partial charge in [-0.05, 0) is 44.7 Å². The van der Waals surface area contributed by atoms with Gasteiger partial charge in [-0.2, -0.15) is 5.10 Å². The second kappa shape index (κ2) is 8.31. The first-order valence-electron chi connectivity index (χ1n) is 9.30. The Morgan fingerprint density at radius 1 is 1.19 bits per heavy atom. The highest BCUT2D eigenvalue weighted by Crippen LogP contribution is 2.18. The van der Waals surface area contributed by atoms with Crippen molar-refractivity contribution in [3.63, 3.8) is 0 Å². The Kier molecular flexibility index (Phi) is 5.88. The molecule has 0 spiro atoms. The van der Waals surface area contributed by atoms with Gasteiger partial charge in [0.2, 0.25) is 0 Å². The zero-order valence-corrected chi connectivity index (χ0v) is 15.9. The van der Waals surface area contributed by atoms with Crippen LogP contribution in [0.3, 0.4) is 0 Å². The minimum atomic E-state index is -0.186. The molecule has 7 heteroatoms. The molecule has 0 aliphatic carbocycles. The first-order valence-corrected chi connectivity index (χ1v) is 9.30. The molecule has 3 rings (SSSR count). The Morgan fingerprint density at radius 2 is 1.88 bits per heavy atom. The molecule has 26 heavy (non-hydrogen) atoms. The van der Waals surface area contributed by atoms with Crippen LogP contribution in [0.1, 0.15) is 42.5 Å². The van der Waals surface area contributed by atoms with E-state index in [4.69, 9.17) is 0 Å². The standard InChI is InChI=1S/C19H28N6O/c1-4-9-25-18(20-14-21-25)15(2)22-19(26)16-5-7-17(8-6-16)24-12-10-23(3)11-13-24/h5-8,14-15H,4,9-13H2,1-3H3,(H,22,26)/t15-/m1/s1. The smallest absolute Gasteiger partial charge is 0.251 e. The summed E-state index contributed by atoms with van der Waals surface area (Å²) in [6.07, 6.45) is 2.52. The van der Waals surface area contributed by atoms with E-state index in [9.17, 15) is 4.79 Å². The zero-order chi connectivity index (χ0) is 18.5. The van der Waals surface area contributed by atoms with E-state index in [1.165, 1.54) is 5.69 Å². The van der Waals surface area contributed by atoms with Crippen LogP contribution in [0.5, 0.6) is 0 Å². The molecule has 2 heterocycles. The molecule has 140 valence electrons. The molecule has 7 nitrogen and oxygen atoms in total. The van der Waals surface area contributed by atoms with E-state index in [0.29, 0.717) is 5.56 Å². The first kappa shape index (κ1) is 18.4. The number of benzene rings is 1. The fraction of sp³-hybridized carbons (Fsp3) is 0.526. The quantitative estimate of drug-likeness (QED) is 0.857. The number of anilines is 1. The lowest BCUT2D eigenvalue weighted by Gasteiger charge is -2.34. The monoisotopic (exact) mass is 356 g/mol. The number of nitrogens with one attached hydrogen (secondary N) is 1. The second-order valence-corrected chi connectivity index (χ2v) is 6.87. The van der Waals surface area contributed by atoms with E-state index in [1.54, 1.807) is 6.33 Å². The van der Waals surface area contributed by atoms with Crippen LogP contribution in [-0.2, 0) is 6.54 Å².